The fourth-order valence-corrected chi connectivity index (χ4v) is 1.99. The summed E-state index contributed by atoms with van der Waals surface area (Å²) in [6.07, 6.45) is -0.0147. The second-order valence-electron chi connectivity index (χ2n) is 4.37. The van der Waals surface area contributed by atoms with E-state index in [1.54, 1.807) is 13.3 Å². The summed E-state index contributed by atoms with van der Waals surface area (Å²) in [4.78, 5) is 26.1. The molecule has 4 atom stereocenters. The van der Waals surface area contributed by atoms with E-state index >= 15 is 0 Å². The molecule has 2 heterocycles. The molecule has 0 saturated carbocycles. The number of fused-ring (bicyclic) bond motifs is 1. The standard InChI is InChI=1S/C12H16NO6.Co/c1-6-13-9-4-10(18-8(3)15)11(5-16-7(2)14)19-12(9)17-6;/h4,9-12H,5H2,1-3H3;/q-1;/t9?,10-,11?,12?;/m0./s1. The van der Waals surface area contributed by atoms with Crippen molar-refractivity contribution in [3.63, 3.8) is 0 Å². The molecule has 3 unspecified atom stereocenters. The summed E-state index contributed by atoms with van der Waals surface area (Å²) >= 11 is 0. The molecule has 0 amide bonds. The number of nitrogens with zero attached hydrogens (tertiary/aromatic N) is 1. The van der Waals surface area contributed by atoms with E-state index in [1.807, 2.05) is 0 Å². The first-order valence-electron chi connectivity index (χ1n) is 5.98. The average molecular weight is 329 g/mol. The van der Waals surface area contributed by atoms with Crippen molar-refractivity contribution >= 4 is 17.8 Å². The average Bonchev–Trinajstić information content (AvgIpc) is 2.64. The van der Waals surface area contributed by atoms with Crippen LogP contribution in [-0.2, 0) is 45.3 Å². The monoisotopic (exact) mass is 329 g/mol. The molecule has 2 rings (SSSR count). The van der Waals surface area contributed by atoms with Crippen LogP contribution in [0.3, 0.4) is 0 Å². The molecule has 20 heavy (non-hydrogen) atoms. The number of aliphatic imine (C=N–C) groups is 1. The normalized spacial score (nSPS) is 31.2. The quantitative estimate of drug-likeness (QED) is 0.544. The van der Waals surface area contributed by atoms with Gasteiger partial charge in [0.05, 0.1) is 0 Å². The van der Waals surface area contributed by atoms with Gasteiger partial charge in [0.25, 0.3) is 5.97 Å². The maximum atomic E-state index is 11.1. The van der Waals surface area contributed by atoms with E-state index in [0.717, 1.165) is 0 Å². The van der Waals surface area contributed by atoms with E-state index in [0.29, 0.717) is 5.90 Å². The number of hydrogen-bond acceptors (Lipinski definition) is 7. The van der Waals surface area contributed by atoms with Crippen LogP contribution in [0.15, 0.2) is 4.99 Å². The van der Waals surface area contributed by atoms with Gasteiger partial charge in [0.15, 0.2) is 12.2 Å². The summed E-state index contributed by atoms with van der Waals surface area (Å²) in [5.74, 6) is -0.344. The molecule has 0 aromatic carbocycles. The van der Waals surface area contributed by atoms with Gasteiger partial charge in [0.2, 0.25) is 0 Å². The van der Waals surface area contributed by atoms with Gasteiger partial charge in [-0.05, 0) is 6.04 Å². The molecule has 0 aromatic rings. The van der Waals surface area contributed by atoms with E-state index in [9.17, 15) is 9.59 Å². The summed E-state index contributed by atoms with van der Waals surface area (Å²) in [6, 6.07) is -0.307. The van der Waals surface area contributed by atoms with Crippen LogP contribution >= 0.6 is 0 Å². The van der Waals surface area contributed by atoms with Crippen LogP contribution in [0, 0.1) is 6.42 Å². The molecule has 0 aliphatic carbocycles. The summed E-state index contributed by atoms with van der Waals surface area (Å²) in [6.45, 7) is 4.32. The van der Waals surface area contributed by atoms with Crippen molar-refractivity contribution in [3.05, 3.63) is 6.42 Å². The minimum absolute atomic E-state index is 0. The van der Waals surface area contributed by atoms with Gasteiger partial charge in [-0.2, -0.15) is 0 Å². The van der Waals surface area contributed by atoms with Crippen molar-refractivity contribution in [2.75, 3.05) is 6.61 Å². The van der Waals surface area contributed by atoms with Gasteiger partial charge < -0.3 is 18.9 Å². The van der Waals surface area contributed by atoms with Gasteiger partial charge in [0, 0.05) is 43.7 Å². The zero-order valence-corrected chi connectivity index (χ0v) is 12.4. The van der Waals surface area contributed by atoms with E-state index in [2.05, 4.69) is 4.99 Å². The van der Waals surface area contributed by atoms with E-state index in [-0.39, 0.29) is 29.4 Å². The van der Waals surface area contributed by atoms with Crippen LogP contribution in [0.1, 0.15) is 20.8 Å². The Morgan fingerprint density at radius 3 is 2.65 bits per heavy atom. The smallest absolute Gasteiger partial charge is 0.302 e. The van der Waals surface area contributed by atoms with Crippen LogP contribution in [0.2, 0.25) is 0 Å². The van der Waals surface area contributed by atoms with Crippen LogP contribution in [0.4, 0.5) is 0 Å². The van der Waals surface area contributed by atoms with E-state index < -0.39 is 30.4 Å². The second-order valence-corrected chi connectivity index (χ2v) is 4.37. The second kappa shape index (κ2) is 7.05. The first-order chi connectivity index (χ1) is 8.95. The minimum atomic E-state index is -0.614. The molecule has 115 valence electrons. The Labute approximate surface area is 127 Å². The van der Waals surface area contributed by atoms with Gasteiger partial charge in [-0.15, -0.1) is 0 Å². The predicted molar refractivity (Wildman–Crippen MR) is 63.1 cm³/mol. The Bertz CT molecular complexity index is 413. The molecular formula is C12H16CoNO6-. The van der Waals surface area contributed by atoms with Gasteiger partial charge in [-0.25, -0.2) is 0 Å². The molecule has 1 saturated heterocycles. The predicted octanol–water partition coefficient (Wildman–Crippen LogP) is 0.225. The molecule has 7 nitrogen and oxygen atoms in total. The summed E-state index contributed by atoms with van der Waals surface area (Å²) in [5, 5.41) is 0. The first-order valence-corrected chi connectivity index (χ1v) is 5.98. The largest absolute Gasteiger partial charge is 0.493 e. The summed E-state index contributed by atoms with van der Waals surface area (Å²) < 4.78 is 21.0. The maximum absolute atomic E-state index is 11.1. The molecule has 0 N–H and O–H groups in total. The van der Waals surface area contributed by atoms with Crippen LogP contribution in [-0.4, -0.2) is 49.0 Å². The van der Waals surface area contributed by atoms with Gasteiger partial charge in [-0.1, -0.05) is 0 Å². The molecule has 1 radical (unpaired) electrons. The topological polar surface area (TPSA) is 83.4 Å². The number of carbonyl (C=O) groups is 2. The molecule has 0 spiro atoms. The number of carbonyl (C=O) groups excluding carboxylic acids is 2. The third-order valence-electron chi connectivity index (χ3n) is 2.71. The van der Waals surface area contributed by atoms with Crippen molar-refractivity contribution in [1.82, 2.24) is 0 Å². The Balaban J connectivity index is 0.00000200. The van der Waals surface area contributed by atoms with E-state index in [1.165, 1.54) is 13.8 Å². The van der Waals surface area contributed by atoms with Gasteiger partial charge in [0.1, 0.15) is 12.7 Å². The summed E-state index contributed by atoms with van der Waals surface area (Å²) in [7, 11) is 0. The Hall–Kier alpha value is -1.12. The Morgan fingerprint density at radius 1 is 1.35 bits per heavy atom. The summed E-state index contributed by atoms with van der Waals surface area (Å²) in [5.41, 5.74) is 0. The molecule has 8 heteroatoms. The SMILES string of the molecule is CC(=O)OCC1OC2OC(C)=NC2[CH-][C@@H]1OC(C)=O.[Co]. The number of hydrogen-bond donors (Lipinski definition) is 0. The Morgan fingerprint density at radius 2 is 2.05 bits per heavy atom. The number of ether oxygens (including phenoxy) is 4. The van der Waals surface area contributed by atoms with Crippen molar-refractivity contribution in [3.8, 4) is 0 Å². The molecule has 2 aliphatic heterocycles. The molecule has 0 aromatic heterocycles. The number of esters is 2. The van der Waals surface area contributed by atoms with Crippen molar-refractivity contribution in [1.29, 1.82) is 0 Å². The zero-order valence-electron chi connectivity index (χ0n) is 11.3. The molecule has 2 aliphatic rings. The first kappa shape index (κ1) is 16.9. The van der Waals surface area contributed by atoms with Crippen LogP contribution in [0.5, 0.6) is 0 Å². The van der Waals surface area contributed by atoms with E-state index in [4.69, 9.17) is 18.9 Å². The Kier molecular flexibility index (Phi) is 5.97. The molecule has 0 bridgehead atoms. The van der Waals surface area contributed by atoms with Crippen LogP contribution in [0.25, 0.3) is 0 Å². The molecule has 1 fully saturated rings. The fourth-order valence-electron chi connectivity index (χ4n) is 1.99. The van der Waals surface area contributed by atoms with Gasteiger partial charge >= 0.3 is 5.97 Å². The molecular weight excluding hydrogens is 313 g/mol. The maximum Gasteiger partial charge on any atom is 0.302 e. The van der Waals surface area contributed by atoms with Crippen molar-refractivity contribution < 1.29 is 45.3 Å². The number of rotatable bonds is 3. The third-order valence-corrected chi connectivity index (χ3v) is 2.71. The van der Waals surface area contributed by atoms with Gasteiger partial charge in [-0.3, -0.25) is 21.0 Å². The van der Waals surface area contributed by atoms with Crippen molar-refractivity contribution in [2.24, 2.45) is 4.99 Å². The minimum Gasteiger partial charge on any atom is -0.493 e. The fraction of sp³-hybridized carbons (Fsp3) is 0.667. The zero-order chi connectivity index (χ0) is 14.0. The van der Waals surface area contributed by atoms with Crippen molar-refractivity contribution in [2.45, 2.75) is 45.3 Å². The third kappa shape index (κ3) is 4.19. The van der Waals surface area contributed by atoms with Crippen LogP contribution < -0.4 is 0 Å².